The lowest BCUT2D eigenvalue weighted by Gasteiger charge is -2.07. The average molecular weight is 303 g/mol. The van der Waals surface area contributed by atoms with Crippen LogP contribution in [0.25, 0.3) is 10.9 Å². The third-order valence-corrected chi connectivity index (χ3v) is 4.00. The van der Waals surface area contributed by atoms with Crippen molar-refractivity contribution < 1.29 is 0 Å². The third kappa shape index (κ3) is 2.19. The minimum atomic E-state index is -0.137. The largest absolute Gasteiger partial charge is 0.398 e. The van der Waals surface area contributed by atoms with Crippen LogP contribution in [0.3, 0.4) is 0 Å². The maximum Gasteiger partial charge on any atom is 0.262 e. The summed E-state index contributed by atoms with van der Waals surface area (Å²) in [6.45, 7) is 2.32. The summed E-state index contributed by atoms with van der Waals surface area (Å²) in [5.74, 6) is 0. The summed E-state index contributed by atoms with van der Waals surface area (Å²) in [7, 11) is 1.65. The van der Waals surface area contributed by atoms with Gasteiger partial charge >= 0.3 is 0 Å². The van der Waals surface area contributed by atoms with Crippen molar-refractivity contribution >= 4 is 28.2 Å². The predicted octanol–water partition coefficient (Wildman–Crippen LogP) is 2.33. The van der Waals surface area contributed by atoms with E-state index >= 15 is 0 Å². The summed E-state index contributed by atoms with van der Waals surface area (Å²) < 4.78 is 3.18. The Bertz CT molecular complexity index is 895. The summed E-state index contributed by atoms with van der Waals surface area (Å²) in [6, 6.07) is 9.37. The summed E-state index contributed by atoms with van der Waals surface area (Å²) in [4.78, 5) is 12.3. The second-order valence-electron chi connectivity index (χ2n) is 5.03. The Morgan fingerprint density at radius 1 is 1.33 bits per heavy atom. The SMILES string of the molecule is Cc1nn(Cc2ccccc2N)c2cc(Cl)n(C)c(=O)c12. The van der Waals surface area contributed by atoms with Gasteiger partial charge in [-0.3, -0.25) is 9.48 Å². The van der Waals surface area contributed by atoms with Crippen molar-refractivity contribution in [3.63, 3.8) is 0 Å². The van der Waals surface area contributed by atoms with Gasteiger partial charge in [-0.1, -0.05) is 29.8 Å². The number of nitrogens with zero attached hydrogens (tertiary/aromatic N) is 3. The van der Waals surface area contributed by atoms with Gasteiger partial charge in [0.15, 0.2) is 0 Å². The number of halogens is 1. The molecule has 0 saturated heterocycles. The minimum absolute atomic E-state index is 0.137. The van der Waals surface area contributed by atoms with Crippen LogP contribution in [0.1, 0.15) is 11.3 Å². The molecule has 2 N–H and O–H groups in total. The summed E-state index contributed by atoms with van der Waals surface area (Å²) in [5.41, 5.74) is 8.91. The highest BCUT2D eigenvalue weighted by molar-refractivity contribution is 6.30. The molecule has 0 aliphatic carbocycles. The van der Waals surface area contributed by atoms with Gasteiger partial charge in [0.25, 0.3) is 5.56 Å². The Morgan fingerprint density at radius 2 is 2.05 bits per heavy atom. The highest BCUT2D eigenvalue weighted by Crippen LogP contribution is 2.21. The van der Waals surface area contributed by atoms with E-state index in [1.807, 2.05) is 31.2 Å². The lowest BCUT2D eigenvalue weighted by atomic mass is 10.2. The zero-order valence-corrected chi connectivity index (χ0v) is 12.6. The Kier molecular flexibility index (Phi) is 3.22. The Morgan fingerprint density at radius 3 is 2.76 bits per heavy atom. The Hall–Kier alpha value is -2.27. The molecule has 6 heteroatoms. The second kappa shape index (κ2) is 4.93. The van der Waals surface area contributed by atoms with E-state index in [9.17, 15) is 4.79 Å². The number of para-hydroxylation sites is 1. The van der Waals surface area contributed by atoms with Crippen molar-refractivity contribution in [3.8, 4) is 0 Å². The molecule has 2 heterocycles. The van der Waals surface area contributed by atoms with Crippen molar-refractivity contribution in [2.75, 3.05) is 5.73 Å². The second-order valence-corrected chi connectivity index (χ2v) is 5.42. The predicted molar refractivity (Wildman–Crippen MR) is 84.7 cm³/mol. The van der Waals surface area contributed by atoms with Gasteiger partial charge in [-0.15, -0.1) is 0 Å². The number of anilines is 1. The van der Waals surface area contributed by atoms with Gasteiger partial charge in [0.2, 0.25) is 0 Å². The monoisotopic (exact) mass is 302 g/mol. The first-order valence-electron chi connectivity index (χ1n) is 6.55. The Balaban J connectivity index is 2.21. The molecule has 0 bridgehead atoms. The van der Waals surface area contributed by atoms with Gasteiger partial charge in [-0.2, -0.15) is 5.10 Å². The Labute approximate surface area is 126 Å². The number of aryl methyl sites for hydroxylation is 1. The van der Waals surface area contributed by atoms with Crippen LogP contribution in [0.15, 0.2) is 35.1 Å². The normalized spacial score (nSPS) is 11.2. The number of aromatic nitrogens is 3. The molecule has 0 spiro atoms. The molecule has 0 unspecified atom stereocenters. The van der Waals surface area contributed by atoms with Gasteiger partial charge < -0.3 is 10.3 Å². The molecule has 21 heavy (non-hydrogen) atoms. The van der Waals surface area contributed by atoms with Crippen LogP contribution in [-0.2, 0) is 13.6 Å². The number of nitrogens with two attached hydrogens (primary N) is 1. The van der Waals surface area contributed by atoms with E-state index in [4.69, 9.17) is 17.3 Å². The van der Waals surface area contributed by atoms with E-state index in [0.717, 1.165) is 11.1 Å². The smallest absolute Gasteiger partial charge is 0.262 e. The lowest BCUT2D eigenvalue weighted by Crippen LogP contribution is -2.17. The summed E-state index contributed by atoms with van der Waals surface area (Å²) in [6.07, 6.45) is 0. The molecule has 3 rings (SSSR count). The van der Waals surface area contributed by atoms with Crippen molar-refractivity contribution in [2.24, 2.45) is 7.05 Å². The van der Waals surface area contributed by atoms with Crippen molar-refractivity contribution in [3.05, 3.63) is 57.1 Å². The highest BCUT2D eigenvalue weighted by atomic mass is 35.5. The lowest BCUT2D eigenvalue weighted by molar-refractivity contribution is 0.704. The molecule has 3 aromatic rings. The summed E-state index contributed by atoms with van der Waals surface area (Å²) >= 11 is 6.11. The van der Waals surface area contributed by atoms with Gasteiger partial charge in [0.05, 0.1) is 23.1 Å². The van der Waals surface area contributed by atoms with Gasteiger partial charge in [0.1, 0.15) is 5.15 Å². The number of fused-ring (bicyclic) bond motifs is 1. The fourth-order valence-corrected chi connectivity index (χ4v) is 2.62. The number of rotatable bonds is 2. The van der Waals surface area contributed by atoms with Crippen LogP contribution >= 0.6 is 11.6 Å². The zero-order chi connectivity index (χ0) is 15.1. The number of nitrogen functional groups attached to an aromatic ring is 1. The van der Waals surface area contributed by atoms with Crippen molar-refractivity contribution in [1.29, 1.82) is 0 Å². The van der Waals surface area contributed by atoms with Gasteiger partial charge in [-0.05, 0) is 24.6 Å². The highest BCUT2D eigenvalue weighted by Gasteiger charge is 2.14. The minimum Gasteiger partial charge on any atom is -0.398 e. The molecular formula is C15H15ClN4O. The third-order valence-electron chi connectivity index (χ3n) is 3.64. The fourth-order valence-electron chi connectivity index (χ4n) is 2.44. The van der Waals surface area contributed by atoms with Crippen LogP contribution in [0.4, 0.5) is 5.69 Å². The zero-order valence-electron chi connectivity index (χ0n) is 11.8. The quantitative estimate of drug-likeness (QED) is 0.583. The van der Waals surface area contributed by atoms with E-state index in [2.05, 4.69) is 5.10 Å². The van der Waals surface area contributed by atoms with E-state index in [1.165, 1.54) is 4.57 Å². The van der Waals surface area contributed by atoms with E-state index in [0.29, 0.717) is 28.5 Å². The number of pyridine rings is 1. The fraction of sp³-hybridized carbons (Fsp3) is 0.200. The summed E-state index contributed by atoms with van der Waals surface area (Å²) in [5, 5.41) is 5.44. The van der Waals surface area contributed by atoms with Crippen LogP contribution in [0.5, 0.6) is 0 Å². The van der Waals surface area contributed by atoms with Crippen LogP contribution < -0.4 is 11.3 Å². The maximum absolute atomic E-state index is 12.3. The first-order valence-corrected chi connectivity index (χ1v) is 6.93. The molecule has 2 aromatic heterocycles. The van der Waals surface area contributed by atoms with Crippen LogP contribution in [-0.4, -0.2) is 14.3 Å². The molecule has 0 saturated carbocycles. The van der Waals surface area contributed by atoms with Gasteiger partial charge in [0, 0.05) is 12.7 Å². The first-order chi connectivity index (χ1) is 9.99. The topological polar surface area (TPSA) is 65.8 Å². The molecule has 0 aliphatic rings. The number of hydrogen-bond donors (Lipinski definition) is 1. The van der Waals surface area contributed by atoms with E-state index in [-0.39, 0.29) is 5.56 Å². The molecule has 1 aromatic carbocycles. The molecule has 5 nitrogen and oxygen atoms in total. The van der Waals surface area contributed by atoms with Crippen LogP contribution in [0, 0.1) is 6.92 Å². The molecule has 0 atom stereocenters. The molecule has 0 radical (unpaired) electrons. The molecule has 0 amide bonds. The average Bonchev–Trinajstić information content (AvgIpc) is 2.75. The van der Waals surface area contributed by atoms with Crippen molar-refractivity contribution in [1.82, 2.24) is 14.3 Å². The number of hydrogen-bond acceptors (Lipinski definition) is 3. The first kappa shape index (κ1) is 13.7. The molecule has 0 aliphatic heterocycles. The molecule has 0 fully saturated rings. The molecule has 108 valence electrons. The standard InChI is InChI=1S/C15H15ClN4O/c1-9-14-12(7-13(16)19(2)15(14)21)20(18-9)8-10-5-3-4-6-11(10)17/h3-7H,8,17H2,1-2H3. The van der Waals surface area contributed by atoms with Crippen LogP contribution in [0.2, 0.25) is 5.15 Å². The number of benzene rings is 1. The maximum atomic E-state index is 12.3. The van der Waals surface area contributed by atoms with E-state index < -0.39 is 0 Å². The molecular weight excluding hydrogens is 288 g/mol. The van der Waals surface area contributed by atoms with Crippen molar-refractivity contribution in [2.45, 2.75) is 13.5 Å². The van der Waals surface area contributed by atoms with E-state index in [1.54, 1.807) is 17.8 Å². The van der Waals surface area contributed by atoms with Gasteiger partial charge in [-0.25, -0.2) is 0 Å².